The van der Waals surface area contributed by atoms with Gasteiger partial charge in [-0.05, 0) is 45.1 Å². The van der Waals surface area contributed by atoms with Crippen LogP contribution < -0.4 is 10.4 Å². The monoisotopic (exact) mass is 291 g/mol. The van der Waals surface area contributed by atoms with Gasteiger partial charge in [-0.15, -0.1) is 11.3 Å². The third-order valence-electron chi connectivity index (χ3n) is 3.73. The minimum Gasteiger partial charge on any atom is -0.544 e. The van der Waals surface area contributed by atoms with Gasteiger partial charge in [0, 0.05) is 4.88 Å². The Labute approximate surface area is 121 Å². The number of aliphatic carboxylic acids is 1. The maximum Gasteiger partial charge on any atom is 0.237 e. The van der Waals surface area contributed by atoms with E-state index in [1.54, 1.807) is 23.6 Å². The van der Waals surface area contributed by atoms with Gasteiger partial charge in [-0.3, -0.25) is 5.32 Å². The Morgan fingerprint density at radius 1 is 1.35 bits per heavy atom. The van der Waals surface area contributed by atoms with E-state index in [2.05, 4.69) is 9.97 Å². The van der Waals surface area contributed by atoms with Crippen molar-refractivity contribution in [3.8, 4) is 0 Å². The molecule has 0 unspecified atom stereocenters. The number of hydrogen-bond donors (Lipinski definition) is 1. The Kier molecular flexibility index (Phi) is 3.43. The van der Waals surface area contributed by atoms with Gasteiger partial charge in [-0.1, -0.05) is 0 Å². The van der Waals surface area contributed by atoms with Crippen molar-refractivity contribution in [2.45, 2.75) is 45.6 Å². The van der Waals surface area contributed by atoms with Gasteiger partial charge in [0.25, 0.3) is 0 Å². The third kappa shape index (κ3) is 2.29. The first-order valence-corrected chi connectivity index (χ1v) is 7.72. The molecule has 2 aromatic heterocycles. The largest absolute Gasteiger partial charge is 0.544 e. The molecular weight excluding hydrogens is 274 g/mol. The van der Waals surface area contributed by atoms with Crippen LogP contribution in [0.1, 0.15) is 36.0 Å². The lowest BCUT2D eigenvalue weighted by molar-refractivity contribution is -0.605. The van der Waals surface area contributed by atoms with Crippen LogP contribution in [0.25, 0.3) is 10.2 Å². The molecule has 0 spiro atoms. The molecular formula is C14H17N3O2S. The Morgan fingerprint density at radius 2 is 2.10 bits per heavy atom. The number of quaternary nitrogens is 1. The number of carbonyl (C=O) groups is 1. The zero-order chi connectivity index (χ0) is 14.3. The molecule has 0 aromatic carbocycles. The van der Waals surface area contributed by atoms with Crippen molar-refractivity contribution in [3.63, 3.8) is 0 Å². The quantitative estimate of drug-likeness (QED) is 0.876. The lowest BCUT2D eigenvalue weighted by Crippen LogP contribution is -2.87. The highest BCUT2D eigenvalue weighted by Crippen LogP contribution is 2.37. The molecule has 3 rings (SSSR count). The number of thiophene rings is 1. The van der Waals surface area contributed by atoms with Gasteiger partial charge in [0.2, 0.25) is 5.82 Å². The Hall–Kier alpha value is -1.53. The highest BCUT2D eigenvalue weighted by atomic mass is 32.1. The van der Waals surface area contributed by atoms with Crippen LogP contribution in [0.2, 0.25) is 0 Å². The summed E-state index contributed by atoms with van der Waals surface area (Å²) in [5, 5.41) is 13.7. The van der Waals surface area contributed by atoms with Crippen LogP contribution in [-0.4, -0.2) is 22.0 Å². The highest BCUT2D eigenvalue weighted by Gasteiger charge is 2.23. The van der Waals surface area contributed by atoms with Crippen LogP contribution in [-0.2, 0) is 17.6 Å². The molecule has 1 atom stereocenters. The normalized spacial score (nSPS) is 16.1. The number of aryl methyl sites for hydroxylation is 3. The average molecular weight is 291 g/mol. The molecule has 0 saturated heterocycles. The third-order valence-corrected chi connectivity index (χ3v) is 4.92. The molecule has 2 heterocycles. The minimum absolute atomic E-state index is 0.647. The second-order valence-electron chi connectivity index (χ2n) is 5.32. The second-order valence-corrected chi connectivity index (χ2v) is 6.41. The van der Waals surface area contributed by atoms with E-state index in [1.807, 2.05) is 6.92 Å². The fraction of sp³-hybridized carbons (Fsp3) is 0.500. The van der Waals surface area contributed by atoms with Crippen LogP contribution in [0.15, 0.2) is 0 Å². The first kappa shape index (κ1) is 13.5. The van der Waals surface area contributed by atoms with Gasteiger partial charge in [-0.2, -0.15) is 4.98 Å². The van der Waals surface area contributed by atoms with Gasteiger partial charge in [0.05, 0.1) is 11.4 Å². The molecule has 0 amide bonds. The molecule has 1 aliphatic rings. The molecule has 106 valence electrons. The number of rotatable bonds is 3. The van der Waals surface area contributed by atoms with Crippen LogP contribution >= 0.6 is 11.3 Å². The molecule has 1 aliphatic carbocycles. The van der Waals surface area contributed by atoms with E-state index in [4.69, 9.17) is 0 Å². The van der Waals surface area contributed by atoms with Crippen molar-refractivity contribution in [2.75, 3.05) is 0 Å². The molecule has 6 heteroatoms. The Morgan fingerprint density at radius 3 is 2.85 bits per heavy atom. The van der Waals surface area contributed by atoms with E-state index in [0.29, 0.717) is 5.82 Å². The van der Waals surface area contributed by atoms with Gasteiger partial charge in [-0.25, -0.2) is 4.98 Å². The van der Waals surface area contributed by atoms with Gasteiger partial charge in [0.15, 0.2) is 0 Å². The van der Waals surface area contributed by atoms with Gasteiger partial charge in [0.1, 0.15) is 16.7 Å². The summed E-state index contributed by atoms with van der Waals surface area (Å²) in [5.74, 6) is 0.370. The SMILES string of the molecule is Cc1nc([NH2+][C@@H](C)C(=O)[O-])c2c3c(sc2n1)CCCC3. The number of hydrogen-bond acceptors (Lipinski definition) is 5. The summed E-state index contributed by atoms with van der Waals surface area (Å²) < 4.78 is 0. The maximum absolute atomic E-state index is 11.0. The average Bonchev–Trinajstić information content (AvgIpc) is 2.76. The molecule has 0 bridgehead atoms. The van der Waals surface area contributed by atoms with E-state index < -0.39 is 12.0 Å². The number of carboxylic acid groups (broad SMARTS) is 1. The zero-order valence-electron chi connectivity index (χ0n) is 11.6. The molecule has 2 aromatic rings. The lowest BCUT2D eigenvalue weighted by atomic mass is 9.97. The second kappa shape index (κ2) is 5.10. The predicted molar refractivity (Wildman–Crippen MR) is 74.8 cm³/mol. The first-order chi connectivity index (χ1) is 9.56. The van der Waals surface area contributed by atoms with Crippen molar-refractivity contribution in [2.24, 2.45) is 0 Å². The standard InChI is InChI=1S/C14H17N3O2S/c1-7(14(18)19)15-12-11-9-5-3-4-6-10(9)20-13(11)17-8(2)16-12/h7H,3-6H2,1-2H3,(H,18,19)(H,15,16,17)/t7-/m0/s1. The summed E-state index contributed by atoms with van der Waals surface area (Å²) in [4.78, 5) is 22.3. The summed E-state index contributed by atoms with van der Waals surface area (Å²) in [6.07, 6.45) is 4.55. The number of aromatic nitrogens is 2. The van der Waals surface area contributed by atoms with E-state index in [9.17, 15) is 9.90 Å². The molecule has 5 nitrogen and oxygen atoms in total. The summed E-state index contributed by atoms with van der Waals surface area (Å²) in [6, 6.07) is -0.647. The summed E-state index contributed by atoms with van der Waals surface area (Å²) in [5.41, 5.74) is 1.33. The van der Waals surface area contributed by atoms with Crippen LogP contribution in [0.3, 0.4) is 0 Å². The number of fused-ring (bicyclic) bond motifs is 3. The van der Waals surface area contributed by atoms with Gasteiger partial charge >= 0.3 is 0 Å². The number of carbonyl (C=O) groups excluding carboxylic acids is 1. The molecule has 0 radical (unpaired) electrons. The summed E-state index contributed by atoms with van der Waals surface area (Å²) in [7, 11) is 0. The number of nitrogens with zero attached hydrogens (tertiary/aromatic N) is 2. The van der Waals surface area contributed by atoms with Crippen LogP contribution in [0.5, 0.6) is 0 Å². The van der Waals surface area contributed by atoms with Crippen molar-refractivity contribution in [1.29, 1.82) is 0 Å². The van der Waals surface area contributed by atoms with Gasteiger partial charge < -0.3 is 9.90 Å². The first-order valence-electron chi connectivity index (χ1n) is 6.91. The number of nitrogens with two attached hydrogens (primary N) is 1. The highest BCUT2D eigenvalue weighted by molar-refractivity contribution is 7.18. The fourth-order valence-corrected chi connectivity index (χ4v) is 4.04. The van der Waals surface area contributed by atoms with Crippen molar-refractivity contribution in [1.82, 2.24) is 9.97 Å². The predicted octanol–water partition coefficient (Wildman–Crippen LogP) is 0.212. The summed E-state index contributed by atoms with van der Waals surface area (Å²) in [6.45, 7) is 3.47. The molecule has 0 saturated carbocycles. The molecule has 2 N–H and O–H groups in total. The van der Waals surface area contributed by atoms with E-state index in [0.717, 1.165) is 28.9 Å². The minimum atomic E-state index is -1.07. The van der Waals surface area contributed by atoms with Crippen molar-refractivity contribution < 1.29 is 15.2 Å². The van der Waals surface area contributed by atoms with Crippen molar-refractivity contribution in [3.05, 3.63) is 16.3 Å². The Bertz CT molecular complexity index is 681. The van der Waals surface area contributed by atoms with Crippen molar-refractivity contribution >= 4 is 33.3 Å². The van der Waals surface area contributed by atoms with E-state index in [-0.39, 0.29) is 0 Å². The smallest absolute Gasteiger partial charge is 0.237 e. The molecule has 0 aliphatic heterocycles. The fourth-order valence-electron chi connectivity index (χ4n) is 2.72. The summed E-state index contributed by atoms with van der Waals surface area (Å²) >= 11 is 1.73. The van der Waals surface area contributed by atoms with Crippen LogP contribution in [0, 0.1) is 6.92 Å². The zero-order valence-corrected chi connectivity index (χ0v) is 12.4. The number of carboxylic acids is 1. The topological polar surface area (TPSA) is 82.5 Å². The molecule has 20 heavy (non-hydrogen) atoms. The Balaban J connectivity index is 2.14. The van der Waals surface area contributed by atoms with Crippen LogP contribution in [0.4, 0.5) is 5.82 Å². The van der Waals surface area contributed by atoms with E-state index in [1.165, 1.54) is 23.3 Å². The molecule has 0 fully saturated rings. The maximum atomic E-state index is 11.0. The van der Waals surface area contributed by atoms with E-state index >= 15 is 0 Å². The lowest BCUT2D eigenvalue weighted by Gasteiger charge is -2.13.